The van der Waals surface area contributed by atoms with Gasteiger partial charge >= 0.3 is 0 Å². The highest BCUT2D eigenvalue weighted by Gasteiger charge is 2.10. The Balaban J connectivity index is 2.65. The molecular formula is C14H24N2O. The minimum absolute atomic E-state index is 0.577. The van der Waals surface area contributed by atoms with Crippen molar-refractivity contribution in [2.24, 2.45) is 11.5 Å². The molecule has 0 saturated carbocycles. The van der Waals surface area contributed by atoms with Crippen molar-refractivity contribution in [2.45, 2.75) is 31.6 Å². The highest BCUT2D eigenvalue weighted by Crippen LogP contribution is 2.27. The van der Waals surface area contributed by atoms with Crippen LogP contribution < -0.4 is 16.2 Å². The predicted octanol–water partition coefficient (Wildman–Crippen LogP) is 2.26. The maximum absolute atomic E-state index is 5.58. The van der Waals surface area contributed by atoms with Crippen LogP contribution in [-0.2, 0) is 0 Å². The second kappa shape index (κ2) is 8.09. The topological polar surface area (TPSA) is 61.3 Å². The smallest absolute Gasteiger partial charge is 0.118 e. The number of rotatable bonds is 8. The molecule has 3 nitrogen and oxygen atoms in total. The molecule has 0 aliphatic heterocycles. The first-order chi connectivity index (χ1) is 8.31. The molecule has 1 aromatic carbocycles. The van der Waals surface area contributed by atoms with Crippen LogP contribution in [0.3, 0.4) is 0 Å². The van der Waals surface area contributed by atoms with E-state index in [1.54, 1.807) is 7.11 Å². The first-order valence-corrected chi connectivity index (χ1v) is 6.36. The fraction of sp³-hybridized carbons (Fsp3) is 0.571. The molecule has 1 rings (SSSR count). The Labute approximate surface area is 104 Å². The van der Waals surface area contributed by atoms with E-state index < -0.39 is 0 Å². The van der Waals surface area contributed by atoms with Crippen molar-refractivity contribution in [3.8, 4) is 5.75 Å². The lowest BCUT2D eigenvalue weighted by Crippen LogP contribution is -2.07. The minimum Gasteiger partial charge on any atom is -0.497 e. The Kier molecular flexibility index (Phi) is 6.67. The summed E-state index contributed by atoms with van der Waals surface area (Å²) in [6.45, 7) is 1.52. The second-order valence-corrected chi connectivity index (χ2v) is 4.33. The first-order valence-electron chi connectivity index (χ1n) is 6.36. The van der Waals surface area contributed by atoms with Crippen molar-refractivity contribution < 1.29 is 4.74 Å². The van der Waals surface area contributed by atoms with Gasteiger partial charge in [-0.3, -0.25) is 0 Å². The fourth-order valence-corrected chi connectivity index (χ4v) is 2.08. The number of ether oxygens (including phenoxy) is 1. The molecule has 0 atom stereocenters. The van der Waals surface area contributed by atoms with Crippen LogP contribution in [0.2, 0.25) is 0 Å². The van der Waals surface area contributed by atoms with Gasteiger partial charge in [-0.15, -0.1) is 0 Å². The third kappa shape index (κ3) is 4.75. The number of hydrogen-bond donors (Lipinski definition) is 2. The lowest BCUT2D eigenvalue weighted by Gasteiger charge is -2.17. The molecule has 0 bridgehead atoms. The summed E-state index contributed by atoms with van der Waals surface area (Å²) in [5.74, 6) is 1.48. The van der Waals surface area contributed by atoms with Gasteiger partial charge in [0.2, 0.25) is 0 Å². The molecule has 4 N–H and O–H groups in total. The Hall–Kier alpha value is -1.06. The van der Waals surface area contributed by atoms with E-state index in [1.807, 2.05) is 12.1 Å². The molecular weight excluding hydrogens is 212 g/mol. The molecule has 0 aliphatic carbocycles. The van der Waals surface area contributed by atoms with Crippen LogP contribution in [0.15, 0.2) is 24.3 Å². The zero-order valence-corrected chi connectivity index (χ0v) is 10.7. The van der Waals surface area contributed by atoms with Gasteiger partial charge in [-0.2, -0.15) is 0 Å². The second-order valence-electron chi connectivity index (χ2n) is 4.33. The van der Waals surface area contributed by atoms with Crippen molar-refractivity contribution >= 4 is 0 Å². The maximum Gasteiger partial charge on any atom is 0.118 e. The Morgan fingerprint density at radius 1 is 1.00 bits per heavy atom. The van der Waals surface area contributed by atoms with Gasteiger partial charge in [-0.25, -0.2) is 0 Å². The number of benzene rings is 1. The van der Waals surface area contributed by atoms with Gasteiger partial charge in [-0.05, 0) is 62.4 Å². The number of methoxy groups -OCH3 is 1. The standard InChI is InChI=1S/C14H24N2O/c1-17-14-8-6-13(7-9-14)12(4-2-10-15)5-3-11-16/h6-9,12H,2-5,10-11,15-16H2,1H3. The summed E-state index contributed by atoms with van der Waals surface area (Å²) in [5.41, 5.74) is 12.5. The Morgan fingerprint density at radius 2 is 1.53 bits per heavy atom. The summed E-state index contributed by atoms with van der Waals surface area (Å²) in [6.07, 6.45) is 4.42. The minimum atomic E-state index is 0.577. The third-order valence-electron chi connectivity index (χ3n) is 3.10. The van der Waals surface area contributed by atoms with Crippen LogP contribution in [0.4, 0.5) is 0 Å². The highest BCUT2D eigenvalue weighted by molar-refractivity contribution is 5.29. The molecule has 0 fully saturated rings. The van der Waals surface area contributed by atoms with E-state index in [-0.39, 0.29) is 0 Å². The summed E-state index contributed by atoms with van der Waals surface area (Å²) < 4.78 is 5.17. The normalized spacial score (nSPS) is 10.8. The van der Waals surface area contributed by atoms with E-state index in [0.717, 1.165) is 44.5 Å². The van der Waals surface area contributed by atoms with E-state index in [9.17, 15) is 0 Å². The van der Waals surface area contributed by atoms with Gasteiger partial charge in [0, 0.05) is 0 Å². The van der Waals surface area contributed by atoms with Crippen molar-refractivity contribution in [3.05, 3.63) is 29.8 Å². The Morgan fingerprint density at radius 3 is 1.94 bits per heavy atom. The van der Waals surface area contributed by atoms with Gasteiger partial charge in [-0.1, -0.05) is 12.1 Å². The predicted molar refractivity (Wildman–Crippen MR) is 72.3 cm³/mol. The van der Waals surface area contributed by atoms with Crippen molar-refractivity contribution in [1.29, 1.82) is 0 Å². The monoisotopic (exact) mass is 236 g/mol. The fourth-order valence-electron chi connectivity index (χ4n) is 2.08. The van der Waals surface area contributed by atoms with Gasteiger partial charge in [0.25, 0.3) is 0 Å². The maximum atomic E-state index is 5.58. The van der Waals surface area contributed by atoms with E-state index in [4.69, 9.17) is 16.2 Å². The SMILES string of the molecule is COc1ccc(C(CCCN)CCCN)cc1. The molecule has 0 aromatic heterocycles. The molecule has 17 heavy (non-hydrogen) atoms. The molecule has 0 spiro atoms. The third-order valence-corrected chi connectivity index (χ3v) is 3.10. The van der Waals surface area contributed by atoms with Crippen LogP contribution in [0, 0.1) is 0 Å². The van der Waals surface area contributed by atoms with E-state index >= 15 is 0 Å². The van der Waals surface area contributed by atoms with Crippen LogP contribution in [-0.4, -0.2) is 20.2 Å². The largest absolute Gasteiger partial charge is 0.497 e. The van der Waals surface area contributed by atoms with E-state index in [1.165, 1.54) is 5.56 Å². The number of hydrogen-bond acceptors (Lipinski definition) is 3. The van der Waals surface area contributed by atoms with Crippen LogP contribution in [0.1, 0.15) is 37.2 Å². The molecule has 96 valence electrons. The molecule has 0 radical (unpaired) electrons. The quantitative estimate of drug-likeness (QED) is 0.727. The zero-order valence-electron chi connectivity index (χ0n) is 10.7. The summed E-state index contributed by atoms with van der Waals surface area (Å²) in [7, 11) is 1.69. The average molecular weight is 236 g/mol. The van der Waals surface area contributed by atoms with Crippen LogP contribution >= 0.6 is 0 Å². The van der Waals surface area contributed by atoms with Crippen LogP contribution in [0.5, 0.6) is 5.75 Å². The number of nitrogens with two attached hydrogens (primary N) is 2. The van der Waals surface area contributed by atoms with Gasteiger partial charge in [0.1, 0.15) is 5.75 Å². The van der Waals surface area contributed by atoms with Gasteiger partial charge in [0.15, 0.2) is 0 Å². The lowest BCUT2D eigenvalue weighted by atomic mass is 9.90. The first kappa shape index (κ1) is 14.0. The zero-order chi connectivity index (χ0) is 12.5. The van der Waals surface area contributed by atoms with E-state index in [2.05, 4.69) is 12.1 Å². The average Bonchev–Trinajstić information content (AvgIpc) is 2.39. The van der Waals surface area contributed by atoms with E-state index in [0.29, 0.717) is 5.92 Å². The van der Waals surface area contributed by atoms with Crippen molar-refractivity contribution in [3.63, 3.8) is 0 Å². The lowest BCUT2D eigenvalue weighted by molar-refractivity contribution is 0.414. The summed E-state index contributed by atoms with van der Waals surface area (Å²) >= 11 is 0. The van der Waals surface area contributed by atoms with Gasteiger partial charge in [0.05, 0.1) is 7.11 Å². The summed E-state index contributed by atoms with van der Waals surface area (Å²) in [6, 6.07) is 8.34. The molecule has 0 heterocycles. The van der Waals surface area contributed by atoms with Gasteiger partial charge < -0.3 is 16.2 Å². The molecule has 3 heteroatoms. The molecule has 0 aliphatic rings. The highest BCUT2D eigenvalue weighted by atomic mass is 16.5. The molecule has 0 unspecified atom stereocenters. The van der Waals surface area contributed by atoms with Crippen molar-refractivity contribution in [1.82, 2.24) is 0 Å². The Bertz CT molecular complexity index is 290. The summed E-state index contributed by atoms with van der Waals surface area (Å²) in [4.78, 5) is 0. The molecule has 1 aromatic rings. The summed E-state index contributed by atoms with van der Waals surface area (Å²) in [5, 5.41) is 0. The molecule has 0 amide bonds. The molecule has 0 saturated heterocycles. The van der Waals surface area contributed by atoms with Crippen LogP contribution in [0.25, 0.3) is 0 Å². The van der Waals surface area contributed by atoms with Crippen molar-refractivity contribution in [2.75, 3.05) is 20.2 Å².